The van der Waals surface area contributed by atoms with Crippen molar-refractivity contribution in [2.75, 3.05) is 5.73 Å². The van der Waals surface area contributed by atoms with Crippen LogP contribution in [0.4, 0.5) is 5.69 Å². The molecule has 0 radical (unpaired) electrons. The molecule has 76 valence electrons. The second-order valence-electron chi connectivity index (χ2n) is 3.44. The Morgan fingerprint density at radius 1 is 1.43 bits per heavy atom. The molecule has 1 aromatic carbocycles. The van der Waals surface area contributed by atoms with Crippen LogP contribution in [0.5, 0.6) is 0 Å². The van der Waals surface area contributed by atoms with E-state index < -0.39 is 5.60 Å². The molecule has 0 saturated heterocycles. The van der Waals surface area contributed by atoms with Crippen molar-refractivity contribution >= 4 is 18.1 Å². The fourth-order valence-electron chi connectivity index (χ4n) is 1.35. The molecule has 0 aliphatic carbocycles. The van der Waals surface area contributed by atoms with Gasteiger partial charge in [0.15, 0.2) is 0 Å². The molecule has 3 N–H and O–H groups in total. The summed E-state index contributed by atoms with van der Waals surface area (Å²) in [5.41, 5.74) is 5.97. The number of aliphatic hydroxyl groups is 1. The predicted octanol–water partition coefficient (Wildman–Crippen LogP) is 1.79. The summed E-state index contributed by atoms with van der Waals surface area (Å²) < 4.78 is 0. The van der Waals surface area contributed by atoms with Gasteiger partial charge < -0.3 is 10.8 Å². The second kappa shape index (κ2) is 4.32. The topological polar surface area (TPSA) is 70.0 Å². The van der Waals surface area contributed by atoms with Crippen molar-refractivity contribution in [3.63, 3.8) is 0 Å². The number of nitrogen functional groups attached to an aromatic ring is 1. The van der Waals surface area contributed by atoms with Crippen molar-refractivity contribution < 1.29 is 5.11 Å². The van der Waals surface area contributed by atoms with Gasteiger partial charge in [-0.15, -0.1) is 12.4 Å². The smallest absolute Gasteiger partial charge is 0.0996 e. The first-order valence-electron chi connectivity index (χ1n) is 3.98. The number of rotatable bonds is 1. The maximum Gasteiger partial charge on any atom is 0.0996 e. The summed E-state index contributed by atoms with van der Waals surface area (Å²) in [6.07, 6.45) is 0. The van der Waals surface area contributed by atoms with Crippen LogP contribution in [0.3, 0.4) is 0 Å². The summed E-state index contributed by atoms with van der Waals surface area (Å²) in [6, 6.07) is 7.02. The van der Waals surface area contributed by atoms with Crippen LogP contribution in [0, 0.1) is 11.3 Å². The summed E-state index contributed by atoms with van der Waals surface area (Å²) in [5, 5.41) is 18.5. The fourth-order valence-corrected chi connectivity index (χ4v) is 1.35. The van der Waals surface area contributed by atoms with Gasteiger partial charge in [0.25, 0.3) is 0 Å². The molecule has 0 fully saturated rings. The van der Waals surface area contributed by atoms with E-state index in [0.717, 1.165) is 0 Å². The van der Waals surface area contributed by atoms with Gasteiger partial charge in [0.05, 0.1) is 17.2 Å². The van der Waals surface area contributed by atoms with Gasteiger partial charge in [-0.2, -0.15) is 5.26 Å². The molecular formula is C10H13ClN2O. The molecule has 0 amide bonds. The summed E-state index contributed by atoms with van der Waals surface area (Å²) in [5.74, 6) is 0. The monoisotopic (exact) mass is 212 g/mol. The van der Waals surface area contributed by atoms with Gasteiger partial charge in [-0.25, -0.2) is 0 Å². The lowest BCUT2D eigenvalue weighted by molar-refractivity contribution is 0.0791. The average Bonchev–Trinajstić information content (AvgIpc) is 2.01. The number of hydrogen-bond donors (Lipinski definition) is 2. The highest BCUT2D eigenvalue weighted by atomic mass is 35.5. The van der Waals surface area contributed by atoms with Gasteiger partial charge >= 0.3 is 0 Å². The number of benzene rings is 1. The van der Waals surface area contributed by atoms with E-state index in [-0.39, 0.29) is 12.4 Å². The number of nitrogens with two attached hydrogens (primary N) is 1. The number of hydrogen-bond acceptors (Lipinski definition) is 3. The Bertz CT molecular complexity index is 363. The van der Waals surface area contributed by atoms with Gasteiger partial charge in [-0.3, -0.25) is 0 Å². The third-order valence-electron chi connectivity index (χ3n) is 1.83. The molecule has 3 nitrogen and oxygen atoms in total. The lowest BCUT2D eigenvalue weighted by atomic mass is 9.92. The van der Waals surface area contributed by atoms with E-state index in [9.17, 15) is 5.11 Å². The Morgan fingerprint density at radius 2 is 2.00 bits per heavy atom. The minimum absolute atomic E-state index is 0. The molecule has 0 aromatic heterocycles. The third-order valence-corrected chi connectivity index (χ3v) is 1.83. The molecule has 0 atom stereocenters. The van der Waals surface area contributed by atoms with E-state index in [2.05, 4.69) is 0 Å². The fraction of sp³-hybridized carbons (Fsp3) is 0.300. The van der Waals surface area contributed by atoms with Gasteiger partial charge in [0.2, 0.25) is 0 Å². The zero-order valence-electron chi connectivity index (χ0n) is 8.11. The highest BCUT2D eigenvalue weighted by Gasteiger charge is 2.22. The third kappa shape index (κ3) is 2.38. The molecule has 0 aliphatic rings. The van der Waals surface area contributed by atoms with Crippen molar-refractivity contribution in [2.45, 2.75) is 19.4 Å². The second-order valence-corrected chi connectivity index (χ2v) is 3.44. The van der Waals surface area contributed by atoms with Crippen molar-refractivity contribution in [2.24, 2.45) is 0 Å². The van der Waals surface area contributed by atoms with Crippen molar-refractivity contribution in [3.05, 3.63) is 29.3 Å². The van der Waals surface area contributed by atoms with E-state index in [1.165, 1.54) is 0 Å². The zero-order valence-corrected chi connectivity index (χ0v) is 8.93. The Hall–Kier alpha value is -1.24. The number of halogens is 1. The van der Waals surface area contributed by atoms with Crippen molar-refractivity contribution in [1.29, 1.82) is 5.26 Å². The summed E-state index contributed by atoms with van der Waals surface area (Å²) in [4.78, 5) is 0. The Labute approximate surface area is 89.6 Å². The van der Waals surface area contributed by atoms with Crippen molar-refractivity contribution in [3.8, 4) is 6.07 Å². The van der Waals surface area contributed by atoms with Crippen LogP contribution in [-0.4, -0.2) is 5.11 Å². The summed E-state index contributed by atoms with van der Waals surface area (Å²) >= 11 is 0. The van der Waals surface area contributed by atoms with Crippen LogP contribution in [0.15, 0.2) is 18.2 Å². The quantitative estimate of drug-likeness (QED) is 0.698. The van der Waals surface area contributed by atoms with Crippen LogP contribution in [0.25, 0.3) is 0 Å². The molecule has 1 aromatic rings. The van der Waals surface area contributed by atoms with Crippen molar-refractivity contribution in [1.82, 2.24) is 0 Å². The van der Waals surface area contributed by atoms with Gasteiger partial charge in [-0.05, 0) is 26.0 Å². The van der Waals surface area contributed by atoms with Crippen LogP contribution in [0.1, 0.15) is 25.0 Å². The molecule has 0 spiro atoms. The molecular weight excluding hydrogens is 200 g/mol. The molecule has 14 heavy (non-hydrogen) atoms. The Balaban J connectivity index is 0.00000169. The van der Waals surface area contributed by atoms with Crippen LogP contribution in [-0.2, 0) is 5.60 Å². The lowest BCUT2D eigenvalue weighted by Crippen LogP contribution is -2.19. The lowest BCUT2D eigenvalue weighted by Gasteiger charge is -2.20. The standard InChI is InChI=1S/C10H12N2O.ClH/c1-10(2,13)9-7(6-11)4-3-5-8(9)12;/h3-5,13H,12H2,1-2H3;1H. The Kier molecular flexibility index (Phi) is 3.93. The van der Waals surface area contributed by atoms with Crippen LogP contribution < -0.4 is 5.73 Å². The van der Waals surface area contributed by atoms with E-state index in [1.54, 1.807) is 32.0 Å². The zero-order chi connectivity index (χ0) is 10.1. The summed E-state index contributed by atoms with van der Waals surface area (Å²) in [6.45, 7) is 3.22. The minimum atomic E-state index is -1.07. The van der Waals surface area contributed by atoms with E-state index >= 15 is 0 Å². The van der Waals surface area contributed by atoms with Gasteiger partial charge in [0, 0.05) is 11.3 Å². The average molecular weight is 213 g/mol. The highest BCUT2D eigenvalue weighted by Crippen LogP contribution is 2.28. The largest absolute Gasteiger partial charge is 0.398 e. The molecule has 0 heterocycles. The maximum atomic E-state index is 9.75. The van der Waals surface area contributed by atoms with E-state index in [4.69, 9.17) is 11.0 Å². The predicted molar refractivity (Wildman–Crippen MR) is 58.1 cm³/mol. The Morgan fingerprint density at radius 3 is 2.36 bits per heavy atom. The first-order chi connectivity index (χ1) is 5.96. The highest BCUT2D eigenvalue weighted by molar-refractivity contribution is 5.85. The number of nitriles is 1. The SMILES string of the molecule is CC(C)(O)c1c(N)cccc1C#N.Cl. The normalized spacial score (nSPS) is 10.1. The molecule has 1 rings (SSSR count). The number of anilines is 1. The van der Waals surface area contributed by atoms with Gasteiger partial charge in [0.1, 0.15) is 0 Å². The van der Waals surface area contributed by atoms with Crippen LogP contribution in [0.2, 0.25) is 0 Å². The molecule has 0 bridgehead atoms. The maximum absolute atomic E-state index is 9.75. The molecule has 0 aliphatic heterocycles. The number of nitrogens with zero attached hydrogens (tertiary/aromatic N) is 1. The van der Waals surface area contributed by atoms with Gasteiger partial charge in [-0.1, -0.05) is 6.07 Å². The molecule has 0 unspecified atom stereocenters. The molecule has 0 saturated carbocycles. The molecule has 4 heteroatoms. The first-order valence-corrected chi connectivity index (χ1v) is 3.98. The van der Waals surface area contributed by atoms with E-state index in [1.807, 2.05) is 6.07 Å². The van der Waals surface area contributed by atoms with E-state index in [0.29, 0.717) is 16.8 Å². The first kappa shape index (κ1) is 12.8. The summed E-state index contributed by atoms with van der Waals surface area (Å²) in [7, 11) is 0. The minimum Gasteiger partial charge on any atom is -0.398 e. The van der Waals surface area contributed by atoms with Crippen LogP contribution >= 0.6 is 12.4 Å².